The molecule has 2 rings (SSSR count). The SMILES string of the molecule is COC(=O)C(O)(c1ccccc1)c1cc(F)ccc1Br. The smallest absolute Gasteiger partial charge is 0.347 e. The topological polar surface area (TPSA) is 46.5 Å². The molecule has 1 unspecified atom stereocenters. The number of ether oxygens (including phenoxy) is 1. The van der Waals surface area contributed by atoms with Gasteiger partial charge in [-0.15, -0.1) is 0 Å². The minimum Gasteiger partial charge on any atom is -0.466 e. The van der Waals surface area contributed by atoms with Crippen LogP contribution in [0.15, 0.2) is 53.0 Å². The molecule has 1 N–H and O–H groups in total. The number of hydrogen-bond donors (Lipinski definition) is 1. The van der Waals surface area contributed by atoms with Crippen LogP contribution in [0.5, 0.6) is 0 Å². The first-order chi connectivity index (χ1) is 9.50. The van der Waals surface area contributed by atoms with Gasteiger partial charge in [0.05, 0.1) is 7.11 Å². The maximum absolute atomic E-state index is 13.5. The number of carbonyl (C=O) groups excluding carboxylic acids is 1. The van der Waals surface area contributed by atoms with Gasteiger partial charge in [-0.3, -0.25) is 0 Å². The van der Waals surface area contributed by atoms with E-state index >= 15 is 0 Å². The highest BCUT2D eigenvalue weighted by Gasteiger charge is 2.42. The molecule has 0 bridgehead atoms. The monoisotopic (exact) mass is 338 g/mol. The van der Waals surface area contributed by atoms with Gasteiger partial charge in [-0.2, -0.15) is 0 Å². The molecule has 3 nitrogen and oxygen atoms in total. The molecule has 104 valence electrons. The molecule has 0 aliphatic rings. The fourth-order valence-corrected chi connectivity index (χ4v) is 2.52. The molecular weight excluding hydrogens is 327 g/mol. The van der Waals surface area contributed by atoms with Gasteiger partial charge in [-0.05, 0) is 23.8 Å². The van der Waals surface area contributed by atoms with E-state index in [2.05, 4.69) is 20.7 Å². The molecule has 0 aliphatic carbocycles. The summed E-state index contributed by atoms with van der Waals surface area (Å²) < 4.78 is 18.6. The van der Waals surface area contributed by atoms with E-state index in [4.69, 9.17) is 0 Å². The van der Waals surface area contributed by atoms with Crippen LogP contribution in [0.25, 0.3) is 0 Å². The minimum atomic E-state index is -2.07. The minimum absolute atomic E-state index is 0.0931. The lowest BCUT2D eigenvalue weighted by atomic mass is 9.86. The standard InChI is InChI=1S/C15H12BrFO3/c1-20-14(18)15(19,10-5-3-2-4-6-10)12-9-11(17)7-8-13(12)16/h2-9,19H,1H3. The predicted octanol–water partition coefficient (Wildman–Crippen LogP) is 3.00. The Morgan fingerprint density at radius 3 is 2.50 bits per heavy atom. The number of aliphatic hydroxyl groups is 1. The maximum Gasteiger partial charge on any atom is 0.347 e. The summed E-state index contributed by atoms with van der Waals surface area (Å²) in [5.41, 5.74) is -1.68. The molecule has 20 heavy (non-hydrogen) atoms. The summed E-state index contributed by atoms with van der Waals surface area (Å²) in [5.74, 6) is -1.43. The van der Waals surface area contributed by atoms with E-state index in [0.717, 1.165) is 6.07 Å². The molecule has 0 aromatic heterocycles. The van der Waals surface area contributed by atoms with Crippen molar-refractivity contribution in [2.24, 2.45) is 0 Å². The van der Waals surface area contributed by atoms with Crippen LogP contribution in [0.1, 0.15) is 11.1 Å². The van der Waals surface area contributed by atoms with Crippen molar-refractivity contribution in [1.82, 2.24) is 0 Å². The molecular formula is C15H12BrFO3. The van der Waals surface area contributed by atoms with Crippen molar-refractivity contribution in [3.05, 3.63) is 69.9 Å². The van der Waals surface area contributed by atoms with E-state index in [9.17, 15) is 14.3 Å². The normalized spacial score (nSPS) is 13.6. The van der Waals surface area contributed by atoms with Crippen LogP contribution in [-0.2, 0) is 15.1 Å². The van der Waals surface area contributed by atoms with Gasteiger partial charge < -0.3 is 9.84 Å². The lowest BCUT2D eigenvalue weighted by molar-refractivity contribution is -0.159. The average molecular weight is 339 g/mol. The second-order valence-electron chi connectivity index (χ2n) is 4.19. The van der Waals surface area contributed by atoms with Crippen molar-refractivity contribution in [3.8, 4) is 0 Å². The number of methoxy groups -OCH3 is 1. The number of rotatable bonds is 3. The van der Waals surface area contributed by atoms with Crippen LogP contribution >= 0.6 is 15.9 Å². The summed E-state index contributed by atoms with van der Waals surface area (Å²) in [6.45, 7) is 0. The van der Waals surface area contributed by atoms with Crippen molar-refractivity contribution in [1.29, 1.82) is 0 Å². The lowest BCUT2D eigenvalue weighted by Crippen LogP contribution is -2.38. The highest BCUT2D eigenvalue weighted by Crippen LogP contribution is 2.36. The summed E-state index contributed by atoms with van der Waals surface area (Å²) in [4.78, 5) is 12.1. The van der Waals surface area contributed by atoms with Gasteiger partial charge in [0.25, 0.3) is 0 Å². The van der Waals surface area contributed by atoms with Crippen LogP contribution in [-0.4, -0.2) is 18.2 Å². The van der Waals surface area contributed by atoms with E-state index in [1.54, 1.807) is 30.3 Å². The molecule has 0 spiro atoms. The molecule has 2 aromatic rings. The molecule has 0 radical (unpaired) electrons. The van der Waals surface area contributed by atoms with Crippen LogP contribution < -0.4 is 0 Å². The molecule has 1 atom stereocenters. The van der Waals surface area contributed by atoms with E-state index < -0.39 is 17.4 Å². The molecule has 0 saturated carbocycles. The highest BCUT2D eigenvalue weighted by atomic mass is 79.9. The molecule has 0 saturated heterocycles. The quantitative estimate of drug-likeness (QED) is 0.875. The van der Waals surface area contributed by atoms with Gasteiger partial charge in [0.2, 0.25) is 5.60 Å². The van der Waals surface area contributed by atoms with Crippen molar-refractivity contribution in [2.75, 3.05) is 7.11 Å². The van der Waals surface area contributed by atoms with Crippen LogP contribution in [0.4, 0.5) is 4.39 Å². The Hall–Kier alpha value is -1.72. The Morgan fingerprint density at radius 1 is 1.25 bits per heavy atom. The Balaban J connectivity index is 2.70. The summed E-state index contributed by atoms with van der Waals surface area (Å²) in [7, 11) is 1.17. The van der Waals surface area contributed by atoms with Crippen LogP contribution in [0.2, 0.25) is 0 Å². The van der Waals surface area contributed by atoms with Crippen molar-refractivity contribution < 1.29 is 19.0 Å². The zero-order valence-electron chi connectivity index (χ0n) is 10.6. The van der Waals surface area contributed by atoms with Crippen LogP contribution in [0.3, 0.4) is 0 Å². The third kappa shape index (κ3) is 2.46. The first-order valence-electron chi connectivity index (χ1n) is 5.82. The summed E-state index contributed by atoms with van der Waals surface area (Å²) >= 11 is 3.23. The van der Waals surface area contributed by atoms with Gasteiger partial charge in [-0.1, -0.05) is 46.3 Å². The largest absolute Gasteiger partial charge is 0.466 e. The van der Waals surface area contributed by atoms with Gasteiger partial charge in [0.1, 0.15) is 5.82 Å². The van der Waals surface area contributed by atoms with Gasteiger partial charge in [0, 0.05) is 10.0 Å². The summed E-state index contributed by atoms with van der Waals surface area (Å²) in [6.07, 6.45) is 0. The number of benzene rings is 2. The van der Waals surface area contributed by atoms with Crippen molar-refractivity contribution >= 4 is 21.9 Å². The number of hydrogen-bond acceptors (Lipinski definition) is 3. The maximum atomic E-state index is 13.5. The Bertz CT molecular complexity index is 630. The molecule has 0 amide bonds. The van der Waals surface area contributed by atoms with Crippen molar-refractivity contribution in [2.45, 2.75) is 5.60 Å². The van der Waals surface area contributed by atoms with Crippen LogP contribution in [0, 0.1) is 5.82 Å². The van der Waals surface area contributed by atoms with Gasteiger partial charge >= 0.3 is 5.97 Å². The van der Waals surface area contributed by atoms with E-state index in [1.165, 1.54) is 19.2 Å². The van der Waals surface area contributed by atoms with E-state index in [1.807, 2.05) is 0 Å². The zero-order chi connectivity index (χ0) is 14.8. The predicted molar refractivity (Wildman–Crippen MR) is 75.6 cm³/mol. The second kappa shape index (κ2) is 5.73. The Morgan fingerprint density at radius 2 is 1.90 bits per heavy atom. The molecule has 2 aromatic carbocycles. The number of carbonyl (C=O) groups is 1. The first-order valence-corrected chi connectivity index (χ1v) is 6.61. The van der Waals surface area contributed by atoms with Gasteiger partial charge in [0.15, 0.2) is 0 Å². The second-order valence-corrected chi connectivity index (χ2v) is 5.05. The zero-order valence-corrected chi connectivity index (χ0v) is 12.2. The van der Waals surface area contributed by atoms with Gasteiger partial charge in [-0.25, -0.2) is 9.18 Å². The lowest BCUT2D eigenvalue weighted by Gasteiger charge is -2.27. The Labute approximate surface area is 124 Å². The Kier molecular flexibility index (Phi) is 4.20. The molecule has 5 heteroatoms. The van der Waals surface area contributed by atoms with E-state index in [-0.39, 0.29) is 5.56 Å². The van der Waals surface area contributed by atoms with E-state index in [0.29, 0.717) is 10.0 Å². The molecule has 0 fully saturated rings. The molecule has 0 aliphatic heterocycles. The summed E-state index contributed by atoms with van der Waals surface area (Å²) in [5, 5.41) is 10.9. The fraction of sp³-hybridized carbons (Fsp3) is 0.133. The third-order valence-electron chi connectivity index (χ3n) is 2.99. The third-order valence-corrected chi connectivity index (χ3v) is 3.68. The fourth-order valence-electron chi connectivity index (χ4n) is 1.99. The van der Waals surface area contributed by atoms with Crippen molar-refractivity contribution in [3.63, 3.8) is 0 Å². The number of halogens is 2. The average Bonchev–Trinajstić information content (AvgIpc) is 2.49. The highest BCUT2D eigenvalue weighted by molar-refractivity contribution is 9.10. The first kappa shape index (κ1) is 14.7. The molecule has 0 heterocycles. The number of esters is 1. The summed E-state index contributed by atoms with van der Waals surface area (Å²) in [6, 6.07) is 12.0.